The normalized spacial score (nSPS) is 13.5. The zero-order valence-corrected chi connectivity index (χ0v) is 22.6. The van der Waals surface area contributed by atoms with Gasteiger partial charge in [-0.15, -0.1) is 0 Å². The highest BCUT2D eigenvalue weighted by atomic mass is 16.5. The monoisotopic (exact) mass is 528 g/mol. The highest BCUT2D eigenvalue weighted by Gasteiger charge is 2.18. The molecule has 39 heavy (non-hydrogen) atoms. The molecule has 7 heteroatoms. The first-order valence-corrected chi connectivity index (χ1v) is 14.0. The Balaban J connectivity index is 1.30. The van der Waals surface area contributed by atoms with Crippen LogP contribution in [0, 0.1) is 0 Å². The summed E-state index contributed by atoms with van der Waals surface area (Å²) >= 11 is 0. The standard InChI is InChI=1S/C32H40N4O3/c33-21-7-8-22-36(23-31(37)34-28-15-13-27(14-16-28)26-11-5-2-6-12-26)32(38)35-29-17-19-30(20-18-29)39-24-25-9-3-1-4-10-25/h1,3-4,9-10,13-20,26H,2,5-8,11-12,21-24,33H2,(H,34,37)(H,35,38). The number of ether oxygens (including phenoxy) is 1. The van der Waals surface area contributed by atoms with Crippen LogP contribution in [0.15, 0.2) is 78.9 Å². The summed E-state index contributed by atoms with van der Waals surface area (Å²) in [4.78, 5) is 27.5. The lowest BCUT2D eigenvalue weighted by molar-refractivity contribution is -0.116. The zero-order valence-electron chi connectivity index (χ0n) is 22.6. The Morgan fingerprint density at radius 2 is 1.49 bits per heavy atom. The lowest BCUT2D eigenvalue weighted by Gasteiger charge is -2.23. The molecule has 4 N–H and O–H groups in total. The highest BCUT2D eigenvalue weighted by molar-refractivity contribution is 5.97. The van der Waals surface area contributed by atoms with Crippen LogP contribution in [0.4, 0.5) is 16.2 Å². The van der Waals surface area contributed by atoms with E-state index in [1.807, 2.05) is 54.6 Å². The summed E-state index contributed by atoms with van der Waals surface area (Å²) in [5.74, 6) is 1.10. The Morgan fingerprint density at radius 3 is 2.18 bits per heavy atom. The predicted molar refractivity (Wildman–Crippen MR) is 157 cm³/mol. The molecule has 0 aromatic heterocycles. The number of nitrogens with two attached hydrogens (primary N) is 1. The van der Waals surface area contributed by atoms with Gasteiger partial charge in [-0.05, 0) is 85.7 Å². The van der Waals surface area contributed by atoms with Gasteiger partial charge in [0, 0.05) is 17.9 Å². The second-order valence-electron chi connectivity index (χ2n) is 10.2. The van der Waals surface area contributed by atoms with E-state index in [4.69, 9.17) is 10.5 Å². The molecule has 1 aliphatic rings. The Bertz CT molecular complexity index is 1160. The molecule has 1 fully saturated rings. The minimum absolute atomic E-state index is 0.0426. The van der Waals surface area contributed by atoms with Crippen molar-refractivity contribution in [3.63, 3.8) is 0 Å². The molecule has 0 radical (unpaired) electrons. The van der Waals surface area contributed by atoms with E-state index in [1.165, 1.54) is 42.6 Å². The minimum atomic E-state index is -0.326. The van der Waals surface area contributed by atoms with Crippen LogP contribution in [0.25, 0.3) is 0 Å². The molecule has 1 saturated carbocycles. The lowest BCUT2D eigenvalue weighted by atomic mass is 9.84. The predicted octanol–water partition coefficient (Wildman–Crippen LogP) is 6.52. The molecule has 0 heterocycles. The van der Waals surface area contributed by atoms with Crippen LogP contribution < -0.4 is 21.1 Å². The number of nitrogens with zero attached hydrogens (tertiary/aromatic N) is 1. The molecule has 0 unspecified atom stereocenters. The molecule has 0 atom stereocenters. The fourth-order valence-electron chi connectivity index (χ4n) is 4.93. The molecule has 7 nitrogen and oxygen atoms in total. The Labute approximate surface area is 231 Å². The van der Waals surface area contributed by atoms with E-state index in [0.29, 0.717) is 37.1 Å². The van der Waals surface area contributed by atoms with Gasteiger partial charge in [-0.25, -0.2) is 4.79 Å². The van der Waals surface area contributed by atoms with Crippen molar-refractivity contribution in [1.29, 1.82) is 0 Å². The van der Waals surface area contributed by atoms with E-state index in [0.717, 1.165) is 24.1 Å². The second kappa shape index (κ2) is 14.9. The summed E-state index contributed by atoms with van der Waals surface area (Å²) in [6.45, 7) is 1.41. The fraction of sp³-hybridized carbons (Fsp3) is 0.375. The SMILES string of the molecule is NCCCCN(CC(=O)Nc1ccc(C2CCCCC2)cc1)C(=O)Nc1ccc(OCc2ccccc2)cc1. The van der Waals surface area contributed by atoms with Gasteiger partial charge in [0.15, 0.2) is 0 Å². The average Bonchev–Trinajstić information content (AvgIpc) is 2.98. The Kier molecular flexibility index (Phi) is 10.8. The smallest absolute Gasteiger partial charge is 0.322 e. The lowest BCUT2D eigenvalue weighted by Crippen LogP contribution is -2.41. The molecule has 3 aromatic rings. The minimum Gasteiger partial charge on any atom is -0.489 e. The van der Waals surface area contributed by atoms with Gasteiger partial charge in [0.2, 0.25) is 5.91 Å². The third-order valence-corrected chi connectivity index (χ3v) is 7.13. The molecule has 4 rings (SSSR count). The van der Waals surface area contributed by atoms with Crippen molar-refractivity contribution in [3.8, 4) is 5.75 Å². The van der Waals surface area contributed by atoms with Crippen LogP contribution in [-0.4, -0.2) is 36.5 Å². The van der Waals surface area contributed by atoms with Crippen LogP contribution in [0.1, 0.15) is 62.0 Å². The van der Waals surface area contributed by atoms with Crippen molar-refractivity contribution in [2.24, 2.45) is 5.73 Å². The average molecular weight is 529 g/mol. The highest BCUT2D eigenvalue weighted by Crippen LogP contribution is 2.33. The molecule has 206 valence electrons. The Morgan fingerprint density at radius 1 is 0.821 bits per heavy atom. The van der Waals surface area contributed by atoms with Crippen molar-refractivity contribution in [2.75, 3.05) is 30.3 Å². The van der Waals surface area contributed by atoms with Crippen LogP contribution in [0.2, 0.25) is 0 Å². The number of hydrogen-bond donors (Lipinski definition) is 3. The third kappa shape index (κ3) is 9.14. The number of carbonyl (C=O) groups excluding carboxylic acids is 2. The van der Waals surface area contributed by atoms with Crippen LogP contribution >= 0.6 is 0 Å². The summed E-state index contributed by atoms with van der Waals surface area (Å²) < 4.78 is 5.83. The summed E-state index contributed by atoms with van der Waals surface area (Å²) in [6.07, 6.45) is 7.88. The van der Waals surface area contributed by atoms with Gasteiger partial charge in [0.05, 0.1) is 0 Å². The molecule has 3 aromatic carbocycles. The maximum absolute atomic E-state index is 13.1. The summed E-state index contributed by atoms with van der Waals surface area (Å²) in [5.41, 5.74) is 9.45. The largest absolute Gasteiger partial charge is 0.489 e. The van der Waals surface area contributed by atoms with Gasteiger partial charge >= 0.3 is 6.03 Å². The fourth-order valence-corrected chi connectivity index (χ4v) is 4.93. The van der Waals surface area contributed by atoms with E-state index in [-0.39, 0.29) is 18.5 Å². The molecule has 0 bridgehead atoms. The first-order chi connectivity index (χ1) is 19.1. The van der Waals surface area contributed by atoms with Crippen LogP contribution in [0.5, 0.6) is 5.75 Å². The van der Waals surface area contributed by atoms with E-state index in [1.54, 1.807) is 12.1 Å². The number of carbonyl (C=O) groups is 2. The quantitative estimate of drug-likeness (QED) is 0.233. The van der Waals surface area contributed by atoms with Gasteiger partial charge in [-0.3, -0.25) is 4.79 Å². The first kappa shape index (κ1) is 28.2. The Hall–Kier alpha value is -3.84. The van der Waals surface area contributed by atoms with E-state index in [2.05, 4.69) is 22.8 Å². The summed E-state index contributed by atoms with van der Waals surface area (Å²) in [7, 11) is 0. The number of benzene rings is 3. The summed E-state index contributed by atoms with van der Waals surface area (Å²) in [5, 5.41) is 5.85. The van der Waals surface area contributed by atoms with Gasteiger partial charge in [0.1, 0.15) is 18.9 Å². The number of urea groups is 1. The van der Waals surface area contributed by atoms with Gasteiger partial charge in [-0.2, -0.15) is 0 Å². The molecule has 1 aliphatic carbocycles. The molecular weight excluding hydrogens is 488 g/mol. The van der Waals surface area contributed by atoms with Crippen molar-refractivity contribution < 1.29 is 14.3 Å². The van der Waals surface area contributed by atoms with Crippen molar-refractivity contribution in [2.45, 2.75) is 57.5 Å². The van der Waals surface area contributed by atoms with E-state index < -0.39 is 0 Å². The number of nitrogens with one attached hydrogen (secondary N) is 2. The van der Waals surface area contributed by atoms with Gasteiger partial charge in [0.25, 0.3) is 0 Å². The third-order valence-electron chi connectivity index (χ3n) is 7.13. The number of unbranched alkanes of at least 4 members (excludes halogenated alkanes) is 1. The van der Waals surface area contributed by atoms with E-state index >= 15 is 0 Å². The number of amides is 3. The van der Waals surface area contributed by atoms with Crippen molar-refractivity contribution in [1.82, 2.24) is 4.90 Å². The van der Waals surface area contributed by atoms with Gasteiger partial charge < -0.3 is 26.0 Å². The molecule has 3 amide bonds. The van der Waals surface area contributed by atoms with Crippen LogP contribution in [-0.2, 0) is 11.4 Å². The maximum Gasteiger partial charge on any atom is 0.322 e. The number of hydrogen-bond acceptors (Lipinski definition) is 4. The number of anilines is 2. The summed E-state index contributed by atoms with van der Waals surface area (Å²) in [6, 6.07) is 25.0. The second-order valence-corrected chi connectivity index (χ2v) is 10.2. The van der Waals surface area contributed by atoms with Gasteiger partial charge in [-0.1, -0.05) is 61.7 Å². The van der Waals surface area contributed by atoms with Crippen LogP contribution in [0.3, 0.4) is 0 Å². The topological polar surface area (TPSA) is 96.7 Å². The molecule has 0 spiro atoms. The van der Waals surface area contributed by atoms with E-state index in [9.17, 15) is 9.59 Å². The maximum atomic E-state index is 13.1. The van der Waals surface area contributed by atoms with Crippen molar-refractivity contribution >= 4 is 23.3 Å². The van der Waals surface area contributed by atoms with Crippen molar-refractivity contribution in [3.05, 3.63) is 90.0 Å². The first-order valence-electron chi connectivity index (χ1n) is 14.0. The number of rotatable bonds is 12. The zero-order chi connectivity index (χ0) is 27.3. The molecule has 0 saturated heterocycles. The molecule has 0 aliphatic heterocycles. The molecular formula is C32H40N4O3.